The van der Waals surface area contributed by atoms with Crippen LogP contribution in [0.15, 0.2) is 158 Å². The van der Waals surface area contributed by atoms with Gasteiger partial charge in [0.1, 0.15) is 0 Å². The molecule has 194 valence electrons. The van der Waals surface area contributed by atoms with Gasteiger partial charge in [-0.2, -0.15) is 0 Å². The van der Waals surface area contributed by atoms with Crippen molar-refractivity contribution in [1.82, 2.24) is 0 Å². The van der Waals surface area contributed by atoms with Crippen LogP contribution in [-0.4, -0.2) is 0 Å². The van der Waals surface area contributed by atoms with E-state index in [1.807, 2.05) is 0 Å². The van der Waals surface area contributed by atoms with Crippen molar-refractivity contribution in [3.63, 3.8) is 0 Å². The first-order valence-corrected chi connectivity index (χ1v) is 14.6. The molecule has 0 aliphatic rings. The molecule has 9 aromatic rings. The predicted octanol–water partition coefficient (Wildman–Crippen LogP) is 11.9. The Morgan fingerprint density at radius 3 is 1.10 bits per heavy atom. The molecule has 42 heavy (non-hydrogen) atoms. The second kappa shape index (κ2) is 9.03. The zero-order valence-electron chi connectivity index (χ0n) is 23.0. The smallest absolute Gasteiger partial charge is 0.00268 e. The predicted molar refractivity (Wildman–Crippen MR) is 182 cm³/mol. The van der Waals surface area contributed by atoms with Crippen molar-refractivity contribution < 1.29 is 0 Å². The highest BCUT2D eigenvalue weighted by Gasteiger charge is 2.10. The van der Waals surface area contributed by atoms with E-state index < -0.39 is 0 Å². The lowest BCUT2D eigenvalue weighted by Crippen LogP contribution is -1.85. The molecule has 0 atom stereocenters. The largest absolute Gasteiger partial charge is 0.0616 e. The molecule has 0 aliphatic heterocycles. The summed E-state index contributed by atoms with van der Waals surface area (Å²) in [7, 11) is 0. The molecular weight excluding hydrogens is 504 g/mol. The highest BCUT2D eigenvalue weighted by Crippen LogP contribution is 2.37. The Labute approximate surface area is 244 Å². The van der Waals surface area contributed by atoms with Crippen molar-refractivity contribution in [3.05, 3.63) is 158 Å². The van der Waals surface area contributed by atoms with E-state index >= 15 is 0 Å². The van der Waals surface area contributed by atoms with Crippen molar-refractivity contribution in [3.8, 4) is 22.3 Å². The monoisotopic (exact) mass is 530 g/mol. The molecule has 0 N–H and O–H groups in total. The van der Waals surface area contributed by atoms with Gasteiger partial charge in [-0.1, -0.05) is 140 Å². The van der Waals surface area contributed by atoms with Crippen LogP contribution >= 0.6 is 0 Å². The van der Waals surface area contributed by atoms with E-state index in [9.17, 15) is 0 Å². The van der Waals surface area contributed by atoms with Crippen molar-refractivity contribution in [2.75, 3.05) is 0 Å². The van der Waals surface area contributed by atoms with E-state index in [1.165, 1.54) is 86.9 Å². The molecule has 0 bridgehead atoms. The maximum atomic E-state index is 2.34. The minimum atomic E-state index is 1.23. The topological polar surface area (TPSA) is 0 Å². The summed E-state index contributed by atoms with van der Waals surface area (Å²) < 4.78 is 0. The zero-order valence-corrected chi connectivity index (χ0v) is 23.0. The number of hydrogen-bond acceptors (Lipinski definition) is 0. The Morgan fingerprint density at radius 2 is 0.595 bits per heavy atom. The molecule has 9 aromatic carbocycles. The van der Waals surface area contributed by atoms with E-state index in [0.717, 1.165) is 0 Å². The lowest BCUT2D eigenvalue weighted by Gasteiger charge is -2.12. The standard InChI is InChI=1S/C42H26/c1-3-10-37-27(6-1)12-14-29-16-18-35-25-33(20-22-39(35)41(29)37)31-8-5-9-32(24-31)34-21-23-40-36(26-34)19-17-30-15-13-28-7-2-4-11-38(28)42(30)40/h1-26H. The van der Waals surface area contributed by atoms with Gasteiger partial charge in [-0.05, 0) is 105 Å². The third-order valence-electron chi connectivity index (χ3n) is 8.98. The second-order valence-corrected chi connectivity index (χ2v) is 11.4. The van der Waals surface area contributed by atoms with Gasteiger partial charge in [-0.25, -0.2) is 0 Å². The van der Waals surface area contributed by atoms with Crippen molar-refractivity contribution in [2.24, 2.45) is 0 Å². The van der Waals surface area contributed by atoms with Gasteiger partial charge in [0.05, 0.1) is 0 Å². The Balaban J connectivity index is 1.16. The molecule has 0 aromatic heterocycles. The van der Waals surface area contributed by atoms with E-state index in [0.29, 0.717) is 0 Å². The van der Waals surface area contributed by atoms with Crippen LogP contribution in [0.5, 0.6) is 0 Å². The summed E-state index contributed by atoms with van der Waals surface area (Å²) in [5.41, 5.74) is 4.94. The van der Waals surface area contributed by atoms with Crippen LogP contribution in [0.3, 0.4) is 0 Å². The van der Waals surface area contributed by atoms with Crippen LogP contribution in [0.1, 0.15) is 0 Å². The summed E-state index contributed by atoms with van der Waals surface area (Å²) in [5.74, 6) is 0. The number of benzene rings is 9. The van der Waals surface area contributed by atoms with E-state index in [-0.39, 0.29) is 0 Å². The molecule has 9 rings (SSSR count). The van der Waals surface area contributed by atoms with Crippen molar-refractivity contribution in [1.29, 1.82) is 0 Å². The molecule has 0 amide bonds. The van der Waals surface area contributed by atoms with E-state index in [4.69, 9.17) is 0 Å². The first-order valence-electron chi connectivity index (χ1n) is 14.6. The normalized spacial score (nSPS) is 11.8. The highest BCUT2D eigenvalue weighted by molar-refractivity contribution is 6.21. The molecule has 0 saturated heterocycles. The summed E-state index contributed by atoms with van der Waals surface area (Å²) in [5, 5.41) is 15.6. The van der Waals surface area contributed by atoms with Gasteiger partial charge < -0.3 is 0 Å². The SMILES string of the molecule is c1cc(-c2ccc3c(ccc4ccc5ccccc5c43)c2)cc(-c2ccc3c(ccc4ccc5ccccc5c43)c2)c1. The van der Waals surface area contributed by atoms with Gasteiger partial charge >= 0.3 is 0 Å². The van der Waals surface area contributed by atoms with Crippen molar-refractivity contribution in [2.45, 2.75) is 0 Å². The molecule has 0 fully saturated rings. The van der Waals surface area contributed by atoms with Crippen LogP contribution < -0.4 is 0 Å². The minimum absolute atomic E-state index is 1.23. The molecule has 0 aliphatic carbocycles. The van der Waals surface area contributed by atoms with Crippen LogP contribution in [0.2, 0.25) is 0 Å². The molecule has 0 unspecified atom stereocenters. The summed E-state index contributed by atoms with van der Waals surface area (Å²) in [6.07, 6.45) is 0. The third kappa shape index (κ3) is 3.56. The van der Waals surface area contributed by atoms with Gasteiger partial charge in [0, 0.05) is 0 Å². The van der Waals surface area contributed by atoms with Gasteiger partial charge in [0.15, 0.2) is 0 Å². The van der Waals surface area contributed by atoms with Gasteiger partial charge in [-0.15, -0.1) is 0 Å². The lowest BCUT2D eigenvalue weighted by molar-refractivity contribution is 1.62. The molecule has 0 saturated carbocycles. The fraction of sp³-hybridized carbons (Fsp3) is 0. The molecule has 0 heterocycles. The summed E-state index contributed by atoms with van der Waals surface area (Å²) in [6.45, 7) is 0. The zero-order chi connectivity index (χ0) is 27.6. The first-order chi connectivity index (χ1) is 20.8. The quantitative estimate of drug-likeness (QED) is 0.195. The molecule has 0 nitrogen and oxygen atoms in total. The summed E-state index contributed by atoms with van der Waals surface area (Å²) in [4.78, 5) is 0. The Hall–Kier alpha value is -5.46. The van der Waals surface area contributed by atoms with Crippen molar-refractivity contribution >= 4 is 64.6 Å². The van der Waals surface area contributed by atoms with E-state index in [1.54, 1.807) is 0 Å². The molecule has 0 heteroatoms. The fourth-order valence-corrected chi connectivity index (χ4v) is 6.91. The molecule has 0 radical (unpaired) electrons. The maximum absolute atomic E-state index is 2.34. The Morgan fingerprint density at radius 1 is 0.214 bits per heavy atom. The highest BCUT2D eigenvalue weighted by atomic mass is 14.1. The van der Waals surface area contributed by atoms with Crippen LogP contribution in [0.25, 0.3) is 86.9 Å². The Kier molecular flexibility index (Phi) is 5.00. The van der Waals surface area contributed by atoms with E-state index in [2.05, 4.69) is 158 Å². The van der Waals surface area contributed by atoms with Gasteiger partial charge in [0.2, 0.25) is 0 Å². The van der Waals surface area contributed by atoms with Crippen LogP contribution in [-0.2, 0) is 0 Å². The molecule has 0 spiro atoms. The fourth-order valence-electron chi connectivity index (χ4n) is 6.91. The van der Waals surface area contributed by atoms with Gasteiger partial charge in [-0.3, -0.25) is 0 Å². The lowest BCUT2D eigenvalue weighted by atomic mass is 9.92. The minimum Gasteiger partial charge on any atom is -0.0616 e. The average Bonchev–Trinajstić information content (AvgIpc) is 3.07. The van der Waals surface area contributed by atoms with Crippen LogP contribution in [0, 0.1) is 0 Å². The Bertz CT molecular complexity index is 2340. The number of hydrogen-bond donors (Lipinski definition) is 0. The number of fused-ring (bicyclic) bond motifs is 10. The summed E-state index contributed by atoms with van der Waals surface area (Å²) in [6, 6.07) is 58.1. The average molecular weight is 531 g/mol. The third-order valence-corrected chi connectivity index (χ3v) is 8.98. The summed E-state index contributed by atoms with van der Waals surface area (Å²) >= 11 is 0. The van der Waals surface area contributed by atoms with Crippen LogP contribution in [0.4, 0.5) is 0 Å². The molecular formula is C42H26. The number of rotatable bonds is 2. The first kappa shape index (κ1) is 23.3. The van der Waals surface area contributed by atoms with Gasteiger partial charge in [0.25, 0.3) is 0 Å². The second-order valence-electron chi connectivity index (χ2n) is 11.4. The maximum Gasteiger partial charge on any atom is -0.00268 e.